The van der Waals surface area contributed by atoms with Crippen molar-refractivity contribution in [3.05, 3.63) is 65.7 Å². The second kappa shape index (κ2) is 5.51. The van der Waals surface area contributed by atoms with Crippen LogP contribution in [0.1, 0.15) is 11.1 Å². The number of hydrogen-bond acceptors (Lipinski definition) is 2. The minimum Gasteiger partial charge on any atom is -0.276 e. The Morgan fingerprint density at radius 3 is 2.24 bits per heavy atom. The van der Waals surface area contributed by atoms with E-state index in [0.29, 0.717) is 0 Å². The summed E-state index contributed by atoms with van der Waals surface area (Å²) >= 11 is 0. The van der Waals surface area contributed by atoms with Crippen molar-refractivity contribution >= 4 is 5.69 Å². The summed E-state index contributed by atoms with van der Waals surface area (Å²) in [5.74, 6) is 0. The fraction of sp³-hybridized carbons (Fsp3) is 0.200. The normalized spacial score (nSPS) is 10.2. The Morgan fingerprint density at radius 1 is 0.941 bits per heavy atom. The SMILES string of the molecule is CON(Cc1ccccc1C)c1ccccc1. The van der Waals surface area contributed by atoms with Gasteiger partial charge in [0.15, 0.2) is 0 Å². The molecule has 0 radical (unpaired) electrons. The summed E-state index contributed by atoms with van der Waals surface area (Å²) in [5, 5.41) is 1.89. The second-order valence-electron chi connectivity index (χ2n) is 3.98. The molecule has 0 aliphatic heterocycles. The van der Waals surface area contributed by atoms with Crippen LogP contribution in [0.5, 0.6) is 0 Å². The fourth-order valence-electron chi connectivity index (χ4n) is 1.80. The maximum Gasteiger partial charge on any atom is 0.0708 e. The van der Waals surface area contributed by atoms with E-state index in [4.69, 9.17) is 4.84 Å². The molecule has 0 amide bonds. The van der Waals surface area contributed by atoms with E-state index in [1.807, 2.05) is 35.4 Å². The van der Waals surface area contributed by atoms with Crippen LogP contribution in [0.4, 0.5) is 5.69 Å². The van der Waals surface area contributed by atoms with Gasteiger partial charge in [0.2, 0.25) is 0 Å². The molecule has 2 aromatic rings. The van der Waals surface area contributed by atoms with Crippen molar-refractivity contribution in [3.8, 4) is 0 Å². The summed E-state index contributed by atoms with van der Waals surface area (Å²) in [7, 11) is 1.70. The first-order valence-corrected chi connectivity index (χ1v) is 5.72. The highest BCUT2D eigenvalue weighted by Crippen LogP contribution is 2.18. The molecule has 0 aliphatic rings. The van der Waals surface area contributed by atoms with E-state index in [2.05, 4.69) is 31.2 Å². The fourth-order valence-corrected chi connectivity index (χ4v) is 1.80. The Bertz CT molecular complexity index is 467. The highest BCUT2D eigenvalue weighted by atomic mass is 16.7. The molecule has 0 aromatic heterocycles. The van der Waals surface area contributed by atoms with Gasteiger partial charge < -0.3 is 0 Å². The topological polar surface area (TPSA) is 12.5 Å². The molecule has 2 aromatic carbocycles. The van der Waals surface area contributed by atoms with Crippen molar-refractivity contribution in [1.29, 1.82) is 0 Å². The largest absolute Gasteiger partial charge is 0.276 e. The van der Waals surface area contributed by atoms with Crippen LogP contribution < -0.4 is 5.06 Å². The smallest absolute Gasteiger partial charge is 0.0708 e. The van der Waals surface area contributed by atoms with Gasteiger partial charge in [-0.3, -0.25) is 9.90 Å². The summed E-state index contributed by atoms with van der Waals surface area (Å²) < 4.78 is 0. The zero-order valence-electron chi connectivity index (χ0n) is 10.3. The Hall–Kier alpha value is -1.80. The first kappa shape index (κ1) is 11.7. The van der Waals surface area contributed by atoms with E-state index in [0.717, 1.165) is 12.2 Å². The van der Waals surface area contributed by atoms with Gasteiger partial charge in [0.1, 0.15) is 0 Å². The lowest BCUT2D eigenvalue weighted by molar-refractivity contribution is 0.163. The third-order valence-corrected chi connectivity index (χ3v) is 2.84. The van der Waals surface area contributed by atoms with Crippen LogP contribution in [0, 0.1) is 6.92 Å². The number of anilines is 1. The van der Waals surface area contributed by atoms with Gasteiger partial charge in [-0.1, -0.05) is 42.5 Å². The number of hydrogen-bond donors (Lipinski definition) is 0. The predicted octanol–water partition coefficient (Wildman–Crippen LogP) is 3.56. The van der Waals surface area contributed by atoms with Crippen LogP contribution in [-0.4, -0.2) is 7.11 Å². The summed E-state index contributed by atoms with van der Waals surface area (Å²) in [5.41, 5.74) is 3.63. The highest BCUT2D eigenvalue weighted by Gasteiger charge is 2.07. The lowest BCUT2D eigenvalue weighted by atomic mass is 10.1. The Balaban J connectivity index is 2.19. The Kier molecular flexibility index (Phi) is 3.78. The molecule has 0 bridgehead atoms. The quantitative estimate of drug-likeness (QED) is 0.740. The van der Waals surface area contributed by atoms with Gasteiger partial charge in [-0.25, -0.2) is 0 Å². The van der Waals surface area contributed by atoms with Crippen molar-refractivity contribution in [2.45, 2.75) is 13.5 Å². The van der Waals surface area contributed by atoms with Crippen LogP contribution in [0.15, 0.2) is 54.6 Å². The maximum atomic E-state index is 5.43. The molecule has 2 nitrogen and oxygen atoms in total. The molecule has 0 fully saturated rings. The van der Waals surface area contributed by atoms with Crippen molar-refractivity contribution < 1.29 is 4.84 Å². The number of nitrogens with zero attached hydrogens (tertiary/aromatic N) is 1. The maximum absolute atomic E-state index is 5.43. The molecule has 0 heterocycles. The van der Waals surface area contributed by atoms with E-state index in [9.17, 15) is 0 Å². The van der Waals surface area contributed by atoms with Gasteiger partial charge in [-0.05, 0) is 30.2 Å². The lowest BCUT2D eigenvalue weighted by Crippen LogP contribution is -2.21. The van der Waals surface area contributed by atoms with Crippen molar-refractivity contribution in [3.63, 3.8) is 0 Å². The van der Waals surface area contributed by atoms with Crippen LogP contribution in [0.2, 0.25) is 0 Å². The van der Waals surface area contributed by atoms with Gasteiger partial charge >= 0.3 is 0 Å². The average Bonchev–Trinajstić information content (AvgIpc) is 2.39. The molecule has 17 heavy (non-hydrogen) atoms. The van der Waals surface area contributed by atoms with E-state index < -0.39 is 0 Å². The number of hydroxylamine groups is 1. The van der Waals surface area contributed by atoms with E-state index in [-0.39, 0.29) is 0 Å². The summed E-state index contributed by atoms with van der Waals surface area (Å²) in [6.45, 7) is 2.88. The molecule has 2 rings (SSSR count). The van der Waals surface area contributed by atoms with E-state index in [1.54, 1.807) is 7.11 Å². The molecule has 0 saturated carbocycles. The second-order valence-corrected chi connectivity index (χ2v) is 3.98. The van der Waals surface area contributed by atoms with Gasteiger partial charge in [0, 0.05) is 0 Å². The number of aryl methyl sites for hydroxylation is 1. The van der Waals surface area contributed by atoms with Crippen LogP contribution in [0.25, 0.3) is 0 Å². The summed E-state index contributed by atoms with van der Waals surface area (Å²) in [6, 6.07) is 18.5. The molecule has 0 saturated heterocycles. The molecule has 0 atom stereocenters. The summed E-state index contributed by atoms with van der Waals surface area (Å²) in [4.78, 5) is 5.43. The van der Waals surface area contributed by atoms with Gasteiger partial charge in [0.05, 0.1) is 19.3 Å². The first-order valence-electron chi connectivity index (χ1n) is 5.72. The standard InChI is InChI=1S/C15H17NO/c1-13-8-6-7-9-14(13)12-16(17-2)15-10-4-3-5-11-15/h3-11H,12H2,1-2H3. The van der Waals surface area contributed by atoms with Gasteiger partial charge in [-0.2, -0.15) is 0 Å². The molecule has 88 valence electrons. The third-order valence-electron chi connectivity index (χ3n) is 2.84. The van der Waals surface area contributed by atoms with Crippen LogP contribution >= 0.6 is 0 Å². The average molecular weight is 227 g/mol. The monoisotopic (exact) mass is 227 g/mol. The molecule has 0 aliphatic carbocycles. The third kappa shape index (κ3) is 2.86. The number of benzene rings is 2. The number of para-hydroxylation sites is 1. The Morgan fingerprint density at radius 2 is 1.59 bits per heavy atom. The minimum atomic E-state index is 0.757. The van der Waals surface area contributed by atoms with Gasteiger partial charge in [0.25, 0.3) is 0 Å². The first-order chi connectivity index (χ1) is 8.31. The zero-order chi connectivity index (χ0) is 12.1. The van der Waals surface area contributed by atoms with Crippen molar-refractivity contribution in [2.24, 2.45) is 0 Å². The molecule has 0 spiro atoms. The molecular weight excluding hydrogens is 210 g/mol. The Labute approximate surface area is 102 Å². The van der Waals surface area contributed by atoms with E-state index in [1.165, 1.54) is 11.1 Å². The molecule has 0 unspecified atom stereocenters. The van der Waals surface area contributed by atoms with Crippen molar-refractivity contribution in [1.82, 2.24) is 0 Å². The summed E-state index contributed by atoms with van der Waals surface area (Å²) in [6.07, 6.45) is 0. The van der Waals surface area contributed by atoms with Gasteiger partial charge in [-0.15, -0.1) is 0 Å². The zero-order valence-corrected chi connectivity index (χ0v) is 10.3. The molecule has 2 heteroatoms. The minimum absolute atomic E-state index is 0.757. The van der Waals surface area contributed by atoms with Crippen LogP contribution in [0.3, 0.4) is 0 Å². The number of rotatable bonds is 4. The van der Waals surface area contributed by atoms with Crippen LogP contribution in [-0.2, 0) is 11.4 Å². The predicted molar refractivity (Wildman–Crippen MR) is 70.8 cm³/mol. The molecule has 0 N–H and O–H groups in total. The van der Waals surface area contributed by atoms with E-state index >= 15 is 0 Å². The van der Waals surface area contributed by atoms with Crippen molar-refractivity contribution in [2.75, 3.05) is 12.2 Å². The lowest BCUT2D eigenvalue weighted by Gasteiger charge is -2.22. The highest BCUT2D eigenvalue weighted by molar-refractivity contribution is 5.44. The molecular formula is C15H17NO.